The highest BCUT2D eigenvalue weighted by Gasteiger charge is 2.32. The lowest BCUT2D eigenvalue weighted by Gasteiger charge is -2.13. The summed E-state index contributed by atoms with van der Waals surface area (Å²) in [7, 11) is 1.85. The third-order valence-electron chi connectivity index (χ3n) is 5.41. The third-order valence-corrected chi connectivity index (χ3v) is 5.41. The lowest BCUT2D eigenvalue weighted by molar-refractivity contribution is -0.138. The number of rotatable bonds is 6. The predicted molar refractivity (Wildman–Crippen MR) is 122 cm³/mol. The largest absolute Gasteiger partial charge is 0.473 e. The number of alkyl halides is 3. The Bertz CT molecular complexity index is 1490. The van der Waals surface area contributed by atoms with E-state index >= 15 is 0 Å². The van der Waals surface area contributed by atoms with Crippen molar-refractivity contribution in [1.82, 2.24) is 24.1 Å². The van der Waals surface area contributed by atoms with E-state index in [9.17, 15) is 13.2 Å². The number of hydrogen-bond donors (Lipinski definition) is 0. The van der Waals surface area contributed by atoms with Gasteiger partial charge in [0, 0.05) is 31.1 Å². The van der Waals surface area contributed by atoms with Crippen molar-refractivity contribution >= 4 is 5.78 Å². The van der Waals surface area contributed by atoms with Crippen molar-refractivity contribution < 1.29 is 22.6 Å². The minimum atomic E-state index is -4.43. The number of aromatic nitrogens is 5. The Labute approximate surface area is 198 Å². The molecule has 0 aliphatic carbocycles. The molecule has 0 saturated carbocycles. The van der Waals surface area contributed by atoms with Gasteiger partial charge in [-0.3, -0.25) is 9.08 Å². The molecule has 0 bridgehead atoms. The van der Waals surface area contributed by atoms with E-state index in [2.05, 4.69) is 15.1 Å². The van der Waals surface area contributed by atoms with E-state index in [1.807, 2.05) is 23.8 Å². The van der Waals surface area contributed by atoms with E-state index in [-0.39, 0.29) is 17.9 Å². The standard InChI is InChI=1S/C25H20F3N5O2/c1-16-3-6-20(11-21(16)25(26,27)28)35-19-7-4-17(5-8-19)15-34-23-9-10-33-22(13-29-24(33)31-23)18-12-30-32(2)14-18/h3-14H,15H2,1-2H3. The van der Waals surface area contributed by atoms with Crippen LogP contribution in [0.1, 0.15) is 16.7 Å². The molecule has 178 valence electrons. The number of halogens is 3. The summed E-state index contributed by atoms with van der Waals surface area (Å²) in [6.07, 6.45) is 2.79. The first-order valence-corrected chi connectivity index (χ1v) is 10.7. The summed E-state index contributed by atoms with van der Waals surface area (Å²) in [4.78, 5) is 8.78. The van der Waals surface area contributed by atoms with Gasteiger partial charge in [-0.2, -0.15) is 23.3 Å². The Morgan fingerprint density at radius 1 is 0.971 bits per heavy atom. The minimum absolute atomic E-state index is 0.120. The van der Waals surface area contributed by atoms with Crippen LogP contribution < -0.4 is 9.47 Å². The highest BCUT2D eigenvalue weighted by molar-refractivity contribution is 5.60. The molecule has 0 fully saturated rings. The average molecular weight is 479 g/mol. The van der Waals surface area contributed by atoms with E-state index in [4.69, 9.17) is 9.47 Å². The molecule has 5 aromatic rings. The summed E-state index contributed by atoms with van der Waals surface area (Å²) in [5, 5.41) is 4.18. The van der Waals surface area contributed by atoms with E-state index in [1.165, 1.54) is 19.1 Å². The number of hydrogen-bond acceptors (Lipinski definition) is 5. The summed E-state index contributed by atoms with van der Waals surface area (Å²) < 4.78 is 54.4. The molecule has 3 heterocycles. The van der Waals surface area contributed by atoms with Gasteiger partial charge in [0.05, 0.1) is 23.7 Å². The second kappa shape index (κ2) is 8.79. The summed E-state index contributed by atoms with van der Waals surface area (Å²) >= 11 is 0. The molecule has 7 nitrogen and oxygen atoms in total. The topological polar surface area (TPSA) is 66.5 Å². The molecule has 0 N–H and O–H groups in total. The van der Waals surface area contributed by atoms with Gasteiger partial charge in [0.2, 0.25) is 11.7 Å². The number of benzene rings is 2. The van der Waals surface area contributed by atoms with Gasteiger partial charge in [0.1, 0.15) is 18.1 Å². The zero-order valence-electron chi connectivity index (χ0n) is 18.8. The van der Waals surface area contributed by atoms with E-state index in [0.29, 0.717) is 17.4 Å². The monoisotopic (exact) mass is 479 g/mol. The lowest BCUT2D eigenvalue weighted by atomic mass is 10.1. The molecule has 0 amide bonds. The fraction of sp³-hybridized carbons (Fsp3) is 0.160. The number of ether oxygens (including phenoxy) is 2. The van der Waals surface area contributed by atoms with E-state index in [1.54, 1.807) is 47.4 Å². The molecule has 0 saturated heterocycles. The molecule has 10 heteroatoms. The van der Waals surface area contributed by atoms with Crippen LogP contribution >= 0.6 is 0 Å². The maximum Gasteiger partial charge on any atom is 0.416 e. The molecule has 35 heavy (non-hydrogen) atoms. The first-order valence-electron chi connectivity index (χ1n) is 10.7. The normalized spacial score (nSPS) is 11.7. The van der Waals surface area contributed by atoms with Gasteiger partial charge < -0.3 is 9.47 Å². The number of fused-ring (bicyclic) bond motifs is 1. The Morgan fingerprint density at radius 2 is 1.74 bits per heavy atom. The summed E-state index contributed by atoms with van der Waals surface area (Å²) in [6.45, 7) is 1.67. The lowest BCUT2D eigenvalue weighted by Crippen LogP contribution is -2.07. The molecule has 2 aromatic carbocycles. The Hall–Kier alpha value is -4.34. The summed E-state index contributed by atoms with van der Waals surface area (Å²) in [5.74, 6) is 1.46. The van der Waals surface area contributed by atoms with Crippen molar-refractivity contribution in [3.63, 3.8) is 0 Å². The first kappa shape index (κ1) is 22.5. The minimum Gasteiger partial charge on any atom is -0.473 e. The van der Waals surface area contributed by atoms with Crippen molar-refractivity contribution in [3.05, 3.63) is 90.0 Å². The molecule has 0 aliphatic heterocycles. The first-order chi connectivity index (χ1) is 16.8. The van der Waals surface area contributed by atoms with Crippen molar-refractivity contribution in [2.75, 3.05) is 0 Å². The SMILES string of the molecule is Cc1ccc(Oc2ccc(COc3ccn4c(-c5cnn(C)c5)cnc4n3)cc2)cc1C(F)(F)F. The molecule has 0 spiro atoms. The Balaban J connectivity index is 1.24. The smallest absolute Gasteiger partial charge is 0.416 e. The number of nitrogens with zero attached hydrogens (tertiary/aromatic N) is 5. The Morgan fingerprint density at radius 3 is 2.46 bits per heavy atom. The molecular weight excluding hydrogens is 459 g/mol. The third kappa shape index (κ3) is 4.81. The highest BCUT2D eigenvalue weighted by Crippen LogP contribution is 2.35. The van der Waals surface area contributed by atoms with Crippen LogP contribution in [0.3, 0.4) is 0 Å². The second-order valence-electron chi connectivity index (χ2n) is 7.99. The van der Waals surface area contributed by atoms with E-state index in [0.717, 1.165) is 22.9 Å². The van der Waals surface area contributed by atoms with Crippen molar-refractivity contribution in [3.8, 4) is 28.6 Å². The van der Waals surface area contributed by atoms with Gasteiger partial charge in [-0.05, 0) is 42.3 Å². The quantitative estimate of drug-likeness (QED) is 0.307. The van der Waals surface area contributed by atoms with Crippen LogP contribution in [-0.2, 0) is 19.8 Å². The van der Waals surface area contributed by atoms with Crippen molar-refractivity contribution in [2.45, 2.75) is 19.7 Å². The zero-order chi connectivity index (χ0) is 24.6. The van der Waals surface area contributed by atoms with Gasteiger partial charge in [-0.1, -0.05) is 18.2 Å². The van der Waals surface area contributed by atoms with Gasteiger partial charge in [-0.15, -0.1) is 0 Å². The molecular formula is C25H20F3N5O2. The van der Waals surface area contributed by atoms with Crippen LogP contribution in [-0.4, -0.2) is 24.1 Å². The van der Waals surface area contributed by atoms with Gasteiger partial charge in [0.15, 0.2) is 0 Å². The highest BCUT2D eigenvalue weighted by atomic mass is 19.4. The fourth-order valence-corrected chi connectivity index (χ4v) is 3.62. The van der Waals surface area contributed by atoms with Gasteiger partial charge in [0.25, 0.3) is 0 Å². The molecule has 3 aromatic heterocycles. The van der Waals surface area contributed by atoms with E-state index < -0.39 is 11.7 Å². The number of aryl methyl sites for hydroxylation is 2. The van der Waals surface area contributed by atoms with Crippen molar-refractivity contribution in [2.24, 2.45) is 7.05 Å². The van der Waals surface area contributed by atoms with Gasteiger partial charge >= 0.3 is 6.18 Å². The van der Waals surface area contributed by atoms with Crippen LogP contribution in [0, 0.1) is 6.92 Å². The summed E-state index contributed by atoms with van der Waals surface area (Å²) in [5.41, 5.74) is 2.08. The molecule has 0 atom stereocenters. The molecule has 0 unspecified atom stereocenters. The predicted octanol–water partition coefficient (Wildman–Crippen LogP) is 5.83. The van der Waals surface area contributed by atoms with Crippen LogP contribution in [0.15, 0.2) is 73.3 Å². The van der Waals surface area contributed by atoms with Crippen LogP contribution in [0.4, 0.5) is 13.2 Å². The van der Waals surface area contributed by atoms with Gasteiger partial charge in [-0.25, -0.2) is 4.98 Å². The number of imidazole rings is 1. The zero-order valence-corrected chi connectivity index (χ0v) is 18.8. The maximum atomic E-state index is 13.1. The molecule has 5 rings (SSSR count). The molecule has 0 aliphatic rings. The van der Waals surface area contributed by atoms with Crippen LogP contribution in [0.5, 0.6) is 17.4 Å². The molecule has 0 radical (unpaired) electrons. The Kier molecular flexibility index (Phi) is 5.64. The second-order valence-corrected chi connectivity index (χ2v) is 7.99. The van der Waals surface area contributed by atoms with Crippen molar-refractivity contribution in [1.29, 1.82) is 0 Å². The fourth-order valence-electron chi connectivity index (χ4n) is 3.62. The van der Waals surface area contributed by atoms with Crippen LogP contribution in [0.2, 0.25) is 0 Å². The average Bonchev–Trinajstić information content (AvgIpc) is 3.44. The maximum absolute atomic E-state index is 13.1. The van der Waals surface area contributed by atoms with Crippen LogP contribution in [0.25, 0.3) is 17.0 Å². The summed E-state index contributed by atoms with van der Waals surface area (Å²) in [6, 6.07) is 12.6.